The topological polar surface area (TPSA) is 52.8 Å². The van der Waals surface area contributed by atoms with Gasteiger partial charge in [0.2, 0.25) is 0 Å². The Morgan fingerprint density at radius 1 is 1.20 bits per heavy atom. The minimum atomic E-state index is 0.149. The van der Waals surface area contributed by atoms with Gasteiger partial charge in [-0.25, -0.2) is 4.79 Å². The van der Waals surface area contributed by atoms with Crippen molar-refractivity contribution in [1.82, 2.24) is 14.7 Å². The molecular weight excluding hydrogens is 252 g/mol. The number of amides is 2. The first kappa shape index (κ1) is 15.6. The molecule has 0 saturated carbocycles. The van der Waals surface area contributed by atoms with Gasteiger partial charge in [0.25, 0.3) is 0 Å². The molecule has 5 nitrogen and oxygen atoms in total. The zero-order valence-electron chi connectivity index (χ0n) is 13.2. The number of rotatable bonds is 2. The van der Waals surface area contributed by atoms with Gasteiger partial charge in [-0.2, -0.15) is 0 Å². The molecule has 2 unspecified atom stereocenters. The number of hydrogen-bond donors (Lipinski definition) is 1. The fourth-order valence-corrected chi connectivity index (χ4v) is 3.55. The first-order valence-electron chi connectivity index (χ1n) is 7.98. The van der Waals surface area contributed by atoms with Crippen LogP contribution in [0.2, 0.25) is 0 Å². The van der Waals surface area contributed by atoms with Gasteiger partial charge in [-0.1, -0.05) is 13.3 Å². The molecule has 2 rings (SSSR count). The average molecular weight is 282 g/mol. The highest BCUT2D eigenvalue weighted by atomic mass is 16.2. The van der Waals surface area contributed by atoms with Crippen LogP contribution in [-0.2, 0) is 0 Å². The molecule has 2 saturated heterocycles. The Labute approximate surface area is 123 Å². The van der Waals surface area contributed by atoms with E-state index in [0.717, 1.165) is 45.4 Å². The van der Waals surface area contributed by atoms with Crippen molar-refractivity contribution in [3.05, 3.63) is 0 Å². The molecule has 0 radical (unpaired) electrons. The van der Waals surface area contributed by atoms with Gasteiger partial charge in [-0.15, -0.1) is 0 Å². The standard InChI is InChI=1S/C15H30N4O/c1-4-12-11-19(10-7-14(12)16)13-5-8-18(9-6-13)15(20)17(2)3/h12-14H,4-11,16H2,1-3H3. The summed E-state index contributed by atoms with van der Waals surface area (Å²) in [5.41, 5.74) is 6.19. The maximum Gasteiger partial charge on any atom is 0.319 e. The Morgan fingerprint density at radius 3 is 2.40 bits per heavy atom. The van der Waals surface area contributed by atoms with Crippen LogP contribution in [0.5, 0.6) is 0 Å². The number of carbonyl (C=O) groups is 1. The molecule has 2 aliphatic heterocycles. The van der Waals surface area contributed by atoms with Crippen molar-refractivity contribution < 1.29 is 4.79 Å². The van der Waals surface area contributed by atoms with Crippen LogP contribution in [0, 0.1) is 5.92 Å². The lowest BCUT2D eigenvalue weighted by Crippen LogP contribution is -2.54. The Bertz CT molecular complexity index is 326. The van der Waals surface area contributed by atoms with Gasteiger partial charge < -0.3 is 15.5 Å². The van der Waals surface area contributed by atoms with E-state index in [1.54, 1.807) is 4.90 Å². The highest BCUT2D eigenvalue weighted by Gasteiger charge is 2.32. The molecule has 0 aromatic carbocycles. The minimum absolute atomic E-state index is 0.149. The zero-order chi connectivity index (χ0) is 14.7. The predicted molar refractivity (Wildman–Crippen MR) is 81.6 cm³/mol. The lowest BCUT2D eigenvalue weighted by atomic mass is 9.88. The van der Waals surface area contributed by atoms with Gasteiger partial charge in [0, 0.05) is 45.8 Å². The summed E-state index contributed by atoms with van der Waals surface area (Å²) in [6.07, 6.45) is 4.50. The van der Waals surface area contributed by atoms with Crippen molar-refractivity contribution in [1.29, 1.82) is 0 Å². The molecule has 20 heavy (non-hydrogen) atoms. The summed E-state index contributed by atoms with van der Waals surface area (Å²) >= 11 is 0. The molecule has 0 aliphatic carbocycles. The van der Waals surface area contributed by atoms with Crippen LogP contribution in [0.4, 0.5) is 4.79 Å². The molecule has 2 heterocycles. The molecule has 2 aliphatic rings. The van der Waals surface area contributed by atoms with E-state index in [1.165, 1.54) is 6.42 Å². The van der Waals surface area contributed by atoms with Gasteiger partial charge in [0.15, 0.2) is 0 Å². The molecule has 0 aromatic rings. The third kappa shape index (κ3) is 3.44. The second-order valence-corrected chi connectivity index (χ2v) is 6.51. The second-order valence-electron chi connectivity index (χ2n) is 6.51. The van der Waals surface area contributed by atoms with E-state index in [9.17, 15) is 4.79 Å². The number of likely N-dealkylation sites (tertiary alicyclic amines) is 2. The van der Waals surface area contributed by atoms with E-state index in [2.05, 4.69) is 11.8 Å². The molecule has 0 spiro atoms. The molecule has 0 bridgehead atoms. The molecule has 116 valence electrons. The second kappa shape index (κ2) is 6.76. The fourth-order valence-electron chi connectivity index (χ4n) is 3.55. The maximum absolute atomic E-state index is 11.9. The molecule has 5 heteroatoms. The molecule has 2 N–H and O–H groups in total. The number of carbonyl (C=O) groups excluding carboxylic acids is 1. The van der Waals surface area contributed by atoms with Crippen molar-refractivity contribution in [3.63, 3.8) is 0 Å². The lowest BCUT2D eigenvalue weighted by molar-refractivity contribution is 0.0662. The van der Waals surface area contributed by atoms with Gasteiger partial charge in [-0.3, -0.25) is 4.90 Å². The van der Waals surface area contributed by atoms with E-state index in [4.69, 9.17) is 5.73 Å². The van der Waals surface area contributed by atoms with Crippen molar-refractivity contribution in [3.8, 4) is 0 Å². The van der Waals surface area contributed by atoms with E-state index < -0.39 is 0 Å². The van der Waals surface area contributed by atoms with Gasteiger partial charge in [0.05, 0.1) is 0 Å². The lowest BCUT2D eigenvalue weighted by Gasteiger charge is -2.44. The van der Waals surface area contributed by atoms with Crippen LogP contribution >= 0.6 is 0 Å². The third-order valence-corrected chi connectivity index (χ3v) is 4.98. The van der Waals surface area contributed by atoms with Crippen LogP contribution in [0.1, 0.15) is 32.6 Å². The van der Waals surface area contributed by atoms with Crippen LogP contribution < -0.4 is 5.73 Å². The summed E-state index contributed by atoms with van der Waals surface area (Å²) in [7, 11) is 3.65. The molecule has 2 amide bonds. The minimum Gasteiger partial charge on any atom is -0.331 e. The zero-order valence-corrected chi connectivity index (χ0v) is 13.2. The molecule has 2 fully saturated rings. The number of hydrogen-bond acceptors (Lipinski definition) is 3. The smallest absolute Gasteiger partial charge is 0.319 e. The summed E-state index contributed by atoms with van der Waals surface area (Å²) in [5.74, 6) is 0.644. The van der Waals surface area contributed by atoms with E-state index in [0.29, 0.717) is 18.0 Å². The van der Waals surface area contributed by atoms with Crippen molar-refractivity contribution in [2.75, 3.05) is 40.3 Å². The summed E-state index contributed by atoms with van der Waals surface area (Å²) < 4.78 is 0. The SMILES string of the molecule is CCC1CN(C2CCN(C(=O)N(C)C)CC2)CCC1N. The highest BCUT2D eigenvalue weighted by molar-refractivity contribution is 5.73. The Hall–Kier alpha value is -0.810. The van der Waals surface area contributed by atoms with Crippen LogP contribution in [0.15, 0.2) is 0 Å². The summed E-state index contributed by atoms with van der Waals surface area (Å²) in [5, 5.41) is 0. The maximum atomic E-state index is 11.9. The van der Waals surface area contributed by atoms with Gasteiger partial charge >= 0.3 is 6.03 Å². The van der Waals surface area contributed by atoms with E-state index in [1.807, 2.05) is 19.0 Å². The Kier molecular flexibility index (Phi) is 5.27. The number of piperidine rings is 2. The number of nitrogens with two attached hydrogens (primary N) is 1. The molecule has 0 aromatic heterocycles. The van der Waals surface area contributed by atoms with Crippen LogP contribution in [0.3, 0.4) is 0 Å². The summed E-state index contributed by atoms with van der Waals surface area (Å²) in [6.45, 7) is 6.29. The first-order chi connectivity index (χ1) is 9.52. The monoisotopic (exact) mass is 282 g/mol. The van der Waals surface area contributed by atoms with Crippen LogP contribution in [-0.4, -0.2) is 73.1 Å². The van der Waals surface area contributed by atoms with Crippen LogP contribution in [0.25, 0.3) is 0 Å². The van der Waals surface area contributed by atoms with Crippen molar-refractivity contribution in [2.24, 2.45) is 11.7 Å². The third-order valence-electron chi connectivity index (χ3n) is 4.98. The van der Waals surface area contributed by atoms with Gasteiger partial charge in [0.1, 0.15) is 0 Å². The van der Waals surface area contributed by atoms with E-state index in [-0.39, 0.29) is 6.03 Å². The first-order valence-corrected chi connectivity index (χ1v) is 7.98. The number of nitrogens with zero attached hydrogens (tertiary/aromatic N) is 3. The van der Waals surface area contributed by atoms with Gasteiger partial charge in [-0.05, 0) is 31.7 Å². The molecular formula is C15H30N4O. The highest BCUT2D eigenvalue weighted by Crippen LogP contribution is 2.25. The summed E-state index contributed by atoms with van der Waals surface area (Å²) in [4.78, 5) is 18.2. The summed E-state index contributed by atoms with van der Waals surface area (Å²) in [6, 6.07) is 1.17. The average Bonchev–Trinajstić information content (AvgIpc) is 2.47. The normalized spacial score (nSPS) is 29.5. The predicted octanol–water partition coefficient (Wildman–Crippen LogP) is 1.19. The quantitative estimate of drug-likeness (QED) is 0.828. The largest absolute Gasteiger partial charge is 0.331 e. The fraction of sp³-hybridized carbons (Fsp3) is 0.933. The molecule has 2 atom stereocenters. The Morgan fingerprint density at radius 2 is 1.85 bits per heavy atom. The Balaban J connectivity index is 1.83. The van der Waals surface area contributed by atoms with E-state index >= 15 is 0 Å². The van der Waals surface area contributed by atoms with Crippen molar-refractivity contribution >= 4 is 6.03 Å². The number of urea groups is 1. The van der Waals surface area contributed by atoms with Crippen molar-refractivity contribution in [2.45, 2.75) is 44.7 Å².